The Morgan fingerprint density at radius 2 is 1.88 bits per heavy atom. The van der Waals surface area contributed by atoms with Gasteiger partial charge in [-0.25, -0.2) is 4.99 Å². The van der Waals surface area contributed by atoms with E-state index in [0.29, 0.717) is 11.3 Å². The van der Waals surface area contributed by atoms with Crippen molar-refractivity contribution < 1.29 is 9.72 Å². The lowest BCUT2D eigenvalue weighted by Gasteiger charge is -2.22. The van der Waals surface area contributed by atoms with E-state index in [1.54, 1.807) is 0 Å². The molecule has 1 unspecified atom stereocenters. The van der Waals surface area contributed by atoms with Crippen molar-refractivity contribution >= 4 is 11.6 Å². The van der Waals surface area contributed by atoms with Crippen molar-refractivity contribution in [3.8, 4) is 0 Å². The Morgan fingerprint density at radius 3 is 2.25 bits per heavy atom. The van der Waals surface area contributed by atoms with Crippen LogP contribution in [-0.4, -0.2) is 22.6 Å². The maximum atomic E-state index is 11.4. The molecule has 5 heteroatoms. The minimum Gasteiger partial charge on any atom is -0.267 e. The molecule has 1 rings (SSSR count). The first-order chi connectivity index (χ1) is 7.34. The lowest BCUT2D eigenvalue weighted by molar-refractivity contribution is -0.494. The van der Waals surface area contributed by atoms with Gasteiger partial charge < -0.3 is 0 Å². The van der Waals surface area contributed by atoms with E-state index in [1.807, 2.05) is 27.7 Å². The molecule has 0 saturated heterocycles. The molecule has 1 aliphatic heterocycles. The fraction of sp³-hybridized carbons (Fsp3) is 0.636. The van der Waals surface area contributed by atoms with Crippen LogP contribution in [-0.2, 0) is 4.79 Å². The summed E-state index contributed by atoms with van der Waals surface area (Å²) in [6.07, 6.45) is 1.30. The highest BCUT2D eigenvalue weighted by atomic mass is 16.6. The number of carbonyl (C=O) groups is 1. The second-order valence-corrected chi connectivity index (χ2v) is 4.52. The van der Waals surface area contributed by atoms with E-state index >= 15 is 0 Å². The van der Waals surface area contributed by atoms with Gasteiger partial charge in [0, 0.05) is 16.6 Å². The van der Waals surface area contributed by atoms with Crippen LogP contribution in [0.15, 0.2) is 16.6 Å². The van der Waals surface area contributed by atoms with Gasteiger partial charge in [0.1, 0.15) is 5.71 Å². The summed E-state index contributed by atoms with van der Waals surface area (Å²) in [7, 11) is 0. The van der Waals surface area contributed by atoms with E-state index in [9.17, 15) is 14.9 Å². The average molecular weight is 224 g/mol. The van der Waals surface area contributed by atoms with E-state index in [2.05, 4.69) is 4.99 Å². The molecule has 88 valence electrons. The SMILES string of the molecule is CC(C)C1=CC(=O)N=C(C(C)C)C1[N+](=O)[O-]. The van der Waals surface area contributed by atoms with Crippen LogP contribution in [0.5, 0.6) is 0 Å². The highest BCUT2D eigenvalue weighted by molar-refractivity contribution is 6.07. The molecule has 0 bridgehead atoms. The quantitative estimate of drug-likeness (QED) is 0.542. The van der Waals surface area contributed by atoms with Gasteiger partial charge in [0.15, 0.2) is 0 Å². The Balaban J connectivity index is 3.21. The lowest BCUT2D eigenvalue weighted by atomic mass is 9.86. The zero-order chi connectivity index (χ0) is 12.5. The molecule has 16 heavy (non-hydrogen) atoms. The number of rotatable bonds is 3. The third-order valence-corrected chi connectivity index (χ3v) is 2.59. The Kier molecular flexibility index (Phi) is 3.57. The van der Waals surface area contributed by atoms with E-state index in [1.165, 1.54) is 6.08 Å². The highest BCUT2D eigenvalue weighted by Crippen LogP contribution is 2.24. The molecule has 1 amide bonds. The maximum Gasteiger partial charge on any atom is 0.273 e. The number of hydrogen-bond donors (Lipinski definition) is 0. The van der Waals surface area contributed by atoms with Crippen molar-refractivity contribution in [1.82, 2.24) is 0 Å². The molecule has 0 radical (unpaired) electrons. The van der Waals surface area contributed by atoms with Gasteiger partial charge in [-0.2, -0.15) is 0 Å². The molecule has 0 aliphatic carbocycles. The van der Waals surface area contributed by atoms with E-state index in [4.69, 9.17) is 0 Å². The largest absolute Gasteiger partial charge is 0.273 e. The number of nitrogens with zero attached hydrogens (tertiary/aromatic N) is 2. The van der Waals surface area contributed by atoms with Crippen LogP contribution >= 0.6 is 0 Å². The Bertz CT molecular complexity index is 353. The summed E-state index contributed by atoms with van der Waals surface area (Å²) in [4.78, 5) is 25.9. The zero-order valence-electron chi connectivity index (χ0n) is 9.93. The number of nitro groups is 1. The van der Waals surface area contributed by atoms with E-state index in [0.717, 1.165) is 0 Å². The second kappa shape index (κ2) is 4.55. The Morgan fingerprint density at radius 1 is 1.31 bits per heavy atom. The molecule has 0 aromatic carbocycles. The van der Waals surface area contributed by atoms with Crippen molar-refractivity contribution in [2.24, 2.45) is 16.8 Å². The van der Waals surface area contributed by atoms with Crippen LogP contribution < -0.4 is 0 Å². The Labute approximate surface area is 94.4 Å². The van der Waals surface area contributed by atoms with Crippen molar-refractivity contribution in [2.45, 2.75) is 33.7 Å². The summed E-state index contributed by atoms with van der Waals surface area (Å²) < 4.78 is 0. The van der Waals surface area contributed by atoms with Crippen LogP contribution in [0.2, 0.25) is 0 Å². The molecular formula is C11H16N2O3. The smallest absolute Gasteiger partial charge is 0.267 e. The molecule has 5 nitrogen and oxygen atoms in total. The van der Waals surface area contributed by atoms with E-state index in [-0.39, 0.29) is 22.7 Å². The molecule has 1 atom stereocenters. The molecular weight excluding hydrogens is 208 g/mol. The fourth-order valence-corrected chi connectivity index (χ4v) is 1.77. The van der Waals surface area contributed by atoms with Crippen LogP contribution in [0.1, 0.15) is 27.7 Å². The van der Waals surface area contributed by atoms with Crippen LogP contribution in [0.25, 0.3) is 0 Å². The second-order valence-electron chi connectivity index (χ2n) is 4.52. The maximum absolute atomic E-state index is 11.4. The first-order valence-electron chi connectivity index (χ1n) is 5.32. The lowest BCUT2D eigenvalue weighted by Crippen LogP contribution is -2.39. The minimum absolute atomic E-state index is 0.0244. The first kappa shape index (κ1) is 12.5. The van der Waals surface area contributed by atoms with Crippen molar-refractivity contribution in [2.75, 3.05) is 0 Å². The molecule has 0 spiro atoms. The van der Waals surface area contributed by atoms with E-state index < -0.39 is 6.04 Å². The average Bonchev–Trinajstić information content (AvgIpc) is 2.15. The summed E-state index contributed by atoms with van der Waals surface area (Å²) in [5, 5.41) is 11.1. The van der Waals surface area contributed by atoms with Crippen molar-refractivity contribution in [1.29, 1.82) is 0 Å². The number of dihydropyridines is 1. The summed E-state index contributed by atoms with van der Waals surface area (Å²) in [5.41, 5.74) is 0.912. The zero-order valence-corrected chi connectivity index (χ0v) is 9.93. The standard InChI is InChI=1S/C11H16N2O3/c1-6(2)8-5-9(14)12-10(7(3)4)11(8)13(15)16/h5-7,11H,1-4H3. The minimum atomic E-state index is -0.933. The van der Waals surface area contributed by atoms with Gasteiger partial charge in [-0.3, -0.25) is 14.9 Å². The van der Waals surface area contributed by atoms with Gasteiger partial charge in [0.25, 0.3) is 11.9 Å². The topological polar surface area (TPSA) is 72.6 Å². The Hall–Kier alpha value is -1.52. The number of carbonyl (C=O) groups excluding carboxylic acids is 1. The van der Waals surface area contributed by atoms with Gasteiger partial charge in [-0.05, 0) is 11.8 Å². The van der Waals surface area contributed by atoms with Gasteiger partial charge in [0.05, 0.1) is 0 Å². The monoisotopic (exact) mass is 224 g/mol. The number of amides is 1. The molecule has 0 N–H and O–H groups in total. The van der Waals surface area contributed by atoms with Gasteiger partial charge in [-0.1, -0.05) is 27.7 Å². The third-order valence-electron chi connectivity index (χ3n) is 2.59. The summed E-state index contributed by atoms with van der Waals surface area (Å²) in [5.74, 6) is -0.504. The normalized spacial score (nSPS) is 21.1. The molecule has 1 aliphatic rings. The fourth-order valence-electron chi connectivity index (χ4n) is 1.77. The number of aliphatic imine (C=N–C) groups is 1. The number of hydrogen-bond acceptors (Lipinski definition) is 3. The van der Waals surface area contributed by atoms with Crippen LogP contribution in [0, 0.1) is 22.0 Å². The predicted octanol–water partition coefficient (Wildman–Crippen LogP) is 1.85. The van der Waals surface area contributed by atoms with Crippen molar-refractivity contribution in [3.63, 3.8) is 0 Å². The first-order valence-corrected chi connectivity index (χ1v) is 5.32. The van der Waals surface area contributed by atoms with Gasteiger partial charge >= 0.3 is 0 Å². The van der Waals surface area contributed by atoms with Crippen LogP contribution in [0.4, 0.5) is 0 Å². The van der Waals surface area contributed by atoms with Gasteiger partial charge in [0.2, 0.25) is 0 Å². The predicted molar refractivity (Wildman–Crippen MR) is 61.0 cm³/mol. The summed E-state index contributed by atoms with van der Waals surface area (Å²) >= 11 is 0. The molecule has 0 aromatic heterocycles. The molecule has 1 heterocycles. The summed E-state index contributed by atoms with van der Waals surface area (Å²) in [6, 6.07) is -0.933. The molecule has 0 fully saturated rings. The van der Waals surface area contributed by atoms with Crippen molar-refractivity contribution in [3.05, 3.63) is 21.8 Å². The summed E-state index contributed by atoms with van der Waals surface area (Å²) in [6.45, 7) is 7.32. The molecule has 0 aromatic rings. The highest BCUT2D eigenvalue weighted by Gasteiger charge is 2.38. The molecule has 0 saturated carbocycles. The third kappa shape index (κ3) is 2.35. The van der Waals surface area contributed by atoms with Gasteiger partial charge in [-0.15, -0.1) is 0 Å². The van der Waals surface area contributed by atoms with Crippen LogP contribution in [0.3, 0.4) is 0 Å².